The molecule has 0 saturated carbocycles. The van der Waals surface area contributed by atoms with Crippen molar-refractivity contribution in [3.05, 3.63) is 53.3 Å². The zero-order valence-corrected chi connectivity index (χ0v) is 14.6. The first kappa shape index (κ1) is 17.7. The number of pyridine rings is 1. The van der Waals surface area contributed by atoms with Crippen LogP contribution in [0.5, 0.6) is 5.75 Å². The number of benzene rings is 1. The Labute approximate surface area is 141 Å². The molecule has 0 spiro atoms. The van der Waals surface area contributed by atoms with Crippen LogP contribution in [0.2, 0.25) is 5.02 Å². The van der Waals surface area contributed by atoms with Gasteiger partial charge in [0.05, 0.1) is 7.11 Å². The van der Waals surface area contributed by atoms with Crippen molar-refractivity contribution in [2.24, 2.45) is 0 Å². The van der Waals surface area contributed by atoms with Crippen molar-refractivity contribution >= 4 is 21.6 Å². The lowest BCUT2D eigenvalue weighted by Crippen LogP contribution is -2.33. The molecule has 23 heavy (non-hydrogen) atoms. The monoisotopic (exact) mass is 354 g/mol. The summed E-state index contributed by atoms with van der Waals surface area (Å²) < 4.78 is 32.3. The fraction of sp³-hybridized carbons (Fsp3) is 0.312. The second-order valence-electron chi connectivity index (χ2n) is 4.86. The third kappa shape index (κ3) is 4.22. The molecule has 5 nitrogen and oxygen atoms in total. The van der Waals surface area contributed by atoms with Crippen LogP contribution in [0, 0.1) is 0 Å². The van der Waals surface area contributed by atoms with Crippen molar-refractivity contribution in [1.82, 2.24) is 9.29 Å². The second-order valence-corrected chi connectivity index (χ2v) is 7.21. The molecule has 1 aromatic carbocycles. The maximum absolute atomic E-state index is 12.9. The average Bonchev–Trinajstić information content (AvgIpc) is 2.56. The Balaban J connectivity index is 2.27. The molecule has 0 aliphatic rings. The number of nitrogens with zero attached hydrogens (tertiary/aromatic N) is 2. The van der Waals surface area contributed by atoms with Crippen LogP contribution >= 0.6 is 11.6 Å². The predicted molar refractivity (Wildman–Crippen MR) is 90.4 cm³/mol. The number of methoxy groups -OCH3 is 1. The van der Waals surface area contributed by atoms with Gasteiger partial charge in [-0.3, -0.25) is 4.98 Å². The molecule has 1 aromatic heterocycles. The summed E-state index contributed by atoms with van der Waals surface area (Å²) in [6, 6.07) is 10.2. The van der Waals surface area contributed by atoms with Crippen LogP contribution in [0.25, 0.3) is 0 Å². The fourth-order valence-corrected chi connectivity index (χ4v) is 4.09. The summed E-state index contributed by atoms with van der Waals surface area (Å²) in [4.78, 5) is 4.30. The number of aromatic nitrogens is 1. The highest BCUT2D eigenvalue weighted by atomic mass is 35.5. The smallest absolute Gasteiger partial charge is 0.246 e. The van der Waals surface area contributed by atoms with Crippen molar-refractivity contribution in [3.63, 3.8) is 0 Å². The van der Waals surface area contributed by atoms with Gasteiger partial charge in [0.25, 0.3) is 0 Å². The first-order chi connectivity index (χ1) is 11.0. The molecule has 2 rings (SSSR count). The molecular weight excluding hydrogens is 336 g/mol. The molecule has 0 saturated heterocycles. The molecule has 1 heterocycles. The molecule has 7 heteroatoms. The lowest BCUT2D eigenvalue weighted by Gasteiger charge is -2.21. The molecule has 2 aromatic rings. The maximum atomic E-state index is 12.9. The minimum absolute atomic E-state index is 0.0790. The summed E-state index contributed by atoms with van der Waals surface area (Å²) in [6.45, 7) is 2.49. The highest BCUT2D eigenvalue weighted by molar-refractivity contribution is 7.89. The predicted octanol–water partition coefficient (Wildman–Crippen LogP) is 3.00. The molecule has 0 aliphatic heterocycles. The summed E-state index contributed by atoms with van der Waals surface area (Å²) in [5.41, 5.74) is 0.846. The fourth-order valence-electron chi connectivity index (χ4n) is 2.22. The normalized spacial score (nSPS) is 11.7. The average molecular weight is 355 g/mol. The number of rotatable bonds is 7. The third-order valence-electron chi connectivity index (χ3n) is 3.44. The van der Waals surface area contributed by atoms with E-state index >= 15 is 0 Å². The molecular formula is C16H19ClN2O3S. The van der Waals surface area contributed by atoms with E-state index in [0.717, 1.165) is 5.69 Å². The van der Waals surface area contributed by atoms with Gasteiger partial charge in [0.15, 0.2) is 0 Å². The minimum Gasteiger partial charge on any atom is -0.495 e. The highest BCUT2D eigenvalue weighted by Crippen LogP contribution is 2.29. The maximum Gasteiger partial charge on any atom is 0.246 e. The first-order valence-electron chi connectivity index (χ1n) is 7.22. The summed E-state index contributed by atoms with van der Waals surface area (Å²) in [5, 5.41) is 0.352. The van der Waals surface area contributed by atoms with Crippen LogP contribution in [-0.4, -0.2) is 37.9 Å². The van der Waals surface area contributed by atoms with Crippen LogP contribution < -0.4 is 4.74 Å². The number of ether oxygens (including phenoxy) is 1. The molecule has 0 N–H and O–H groups in total. The number of sulfonamides is 1. The first-order valence-corrected chi connectivity index (χ1v) is 9.04. The van der Waals surface area contributed by atoms with E-state index in [1.165, 1.54) is 17.5 Å². The van der Waals surface area contributed by atoms with E-state index in [2.05, 4.69) is 4.98 Å². The molecule has 124 valence electrons. The van der Waals surface area contributed by atoms with Crippen molar-refractivity contribution in [3.8, 4) is 5.75 Å². The van der Waals surface area contributed by atoms with Gasteiger partial charge in [-0.2, -0.15) is 4.31 Å². The van der Waals surface area contributed by atoms with Gasteiger partial charge in [-0.25, -0.2) is 8.42 Å². The summed E-state index contributed by atoms with van der Waals surface area (Å²) >= 11 is 5.95. The molecule has 0 bridgehead atoms. The van der Waals surface area contributed by atoms with Gasteiger partial charge in [0.1, 0.15) is 10.6 Å². The molecule has 0 amide bonds. The van der Waals surface area contributed by atoms with Gasteiger partial charge < -0.3 is 4.74 Å². The SMILES string of the molecule is CCN(CCc1ccccn1)S(=O)(=O)c1cc(Cl)ccc1OC. The molecule has 0 atom stereocenters. The van der Waals surface area contributed by atoms with E-state index in [0.29, 0.717) is 24.5 Å². The Morgan fingerprint density at radius 2 is 2.04 bits per heavy atom. The van der Waals surface area contributed by atoms with Crippen LogP contribution in [0.15, 0.2) is 47.5 Å². The largest absolute Gasteiger partial charge is 0.495 e. The van der Waals surface area contributed by atoms with E-state index in [9.17, 15) is 8.42 Å². The molecule has 0 aliphatic carbocycles. The van der Waals surface area contributed by atoms with E-state index in [-0.39, 0.29) is 10.6 Å². The zero-order chi connectivity index (χ0) is 16.9. The third-order valence-corrected chi connectivity index (χ3v) is 5.67. The van der Waals surface area contributed by atoms with E-state index in [4.69, 9.17) is 16.3 Å². The van der Waals surface area contributed by atoms with Gasteiger partial charge >= 0.3 is 0 Å². The summed E-state index contributed by atoms with van der Waals surface area (Å²) in [7, 11) is -2.25. The minimum atomic E-state index is -3.69. The van der Waals surface area contributed by atoms with Crippen LogP contribution in [0.4, 0.5) is 0 Å². The van der Waals surface area contributed by atoms with Crippen molar-refractivity contribution in [1.29, 1.82) is 0 Å². The van der Waals surface area contributed by atoms with Gasteiger partial charge in [-0.05, 0) is 30.3 Å². The summed E-state index contributed by atoms with van der Waals surface area (Å²) in [5.74, 6) is 0.283. The molecule has 0 fully saturated rings. The van der Waals surface area contributed by atoms with Gasteiger partial charge in [0.2, 0.25) is 10.0 Å². The van der Waals surface area contributed by atoms with Crippen molar-refractivity contribution in [2.45, 2.75) is 18.2 Å². The lowest BCUT2D eigenvalue weighted by molar-refractivity contribution is 0.393. The van der Waals surface area contributed by atoms with E-state index < -0.39 is 10.0 Å². The van der Waals surface area contributed by atoms with E-state index in [1.54, 1.807) is 25.3 Å². The Hall–Kier alpha value is -1.63. The van der Waals surface area contributed by atoms with Crippen LogP contribution in [-0.2, 0) is 16.4 Å². The van der Waals surface area contributed by atoms with Gasteiger partial charge in [-0.15, -0.1) is 0 Å². The second kappa shape index (κ2) is 7.77. The standard InChI is InChI=1S/C16H19ClN2O3S/c1-3-19(11-9-14-6-4-5-10-18-14)23(20,21)16-12-13(17)7-8-15(16)22-2/h4-8,10,12H,3,9,11H2,1-2H3. The van der Waals surface area contributed by atoms with E-state index in [1.807, 2.05) is 18.2 Å². The Morgan fingerprint density at radius 1 is 1.26 bits per heavy atom. The Morgan fingerprint density at radius 3 is 2.65 bits per heavy atom. The molecule has 0 radical (unpaired) electrons. The number of halogens is 1. The molecule has 0 unspecified atom stereocenters. The Kier molecular flexibility index (Phi) is 5.98. The quantitative estimate of drug-likeness (QED) is 0.767. The number of hydrogen-bond donors (Lipinski definition) is 0. The Bertz CT molecular complexity index is 751. The van der Waals surface area contributed by atoms with Gasteiger partial charge in [-0.1, -0.05) is 24.6 Å². The lowest BCUT2D eigenvalue weighted by atomic mass is 10.3. The summed E-state index contributed by atoms with van der Waals surface area (Å²) in [6.07, 6.45) is 2.23. The highest BCUT2D eigenvalue weighted by Gasteiger charge is 2.26. The number of hydrogen-bond acceptors (Lipinski definition) is 4. The van der Waals surface area contributed by atoms with Crippen molar-refractivity contribution < 1.29 is 13.2 Å². The zero-order valence-electron chi connectivity index (χ0n) is 13.1. The topological polar surface area (TPSA) is 59.5 Å². The van der Waals surface area contributed by atoms with Crippen LogP contribution in [0.1, 0.15) is 12.6 Å². The van der Waals surface area contributed by atoms with Crippen molar-refractivity contribution in [2.75, 3.05) is 20.2 Å². The van der Waals surface area contributed by atoms with Crippen LogP contribution in [0.3, 0.4) is 0 Å². The van der Waals surface area contributed by atoms with Gasteiger partial charge in [0, 0.05) is 36.4 Å². The number of likely N-dealkylation sites (N-methyl/N-ethyl adjacent to an activating group) is 1.